The molecule has 5 nitrogen and oxygen atoms in total. The normalized spacial score (nSPS) is 21.6. The quantitative estimate of drug-likeness (QED) is 0.918. The first kappa shape index (κ1) is 15.5. The van der Waals surface area contributed by atoms with E-state index in [-0.39, 0.29) is 11.8 Å². The molecule has 2 heterocycles. The number of nitrogens with one attached hydrogen (secondary N) is 1. The average molecular weight is 289 g/mol. The van der Waals surface area contributed by atoms with Crippen LogP contribution < -0.4 is 5.32 Å². The van der Waals surface area contributed by atoms with Crippen LogP contribution in [0.3, 0.4) is 0 Å². The monoisotopic (exact) mass is 289 g/mol. The van der Waals surface area contributed by atoms with Crippen molar-refractivity contribution in [2.24, 2.45) is 5.92 Å². The van der Waals surface area contributed by atoms with Crippen molar-refractivity contribution >= 4 is 11.8 Å². The number of carbonyl (C=O) groups is 2. The van der Waals surface area contributed by atoms with Crippen LogP contribution in [0.15, 0.2) is 24.4 Å². The van der Waals surface area contributed by atoms with Crippen molar-refractivity contribution in [1.82, 2.24) is 15.2 Å². The number of hydrogen-bond acceptors (Lipinski definition) is 3. The minimum atomic E-state index is -0.859. The number of pyridine rings is 1. The number of nitrogens with zero attached hydrogens (tertiary/aromatic N) is 2. The van der Waals surface area contributed by atoms with Crippen LogP contribution >= 0.6 is 0 Å². The molecule has 0 saturated carbocycles. The third kappa shape index (κ3) is 3.23. The van der Waals surface area contributed by atoms with E-state index in [1.807, 2.05) is 32.0 Å². The molecule has 1 unspecified atom stereocenters. The first-order chi connectivity index (χ1) is 9.82. The predicted molar refractivity (Wildman–Crippen MR) is 80.3 cm³/mol. The standard InChI is InChI=1S/C16H23N3O2/c1-11(2)9-13-14(20)19(16(3,4)15(21)18-13)10-12-7-5-6-8-17-12/h5-8,11,13H,9-10H2,1-4H3,(H,18,21). The second-order valence-corrected chi connectivity index (χ2v) is 6.46. The van der Waals surface area contributed by atoms with Crippen LogP contribution in [0.1, 0.15) is 39.8 Å². The Morgan fingerprint density at radius 3 is 2.62 bits per heavy atom. The molecule has 0 aliphatic carbocycles. The van der Waals surface area contributed by atoms with Gasteiger partial charge in [0, 0.05) is 6.20 Å². The Balaban J connectivity index is 2.25. The largest absolute Gasteiger partial charge is 0.342 e. The van der Waals surface area contributed by atoms with Gasteiger partial charge in [0.15, 0.2) is 0 Å². The summed E-state index contributed by atoms with van der Waals surface area (Å²) >= 11 is 0. The minimum absolute atomic E-state index is 0.0287. The third-order valence-corrected chi connectivity index (χ3v) is 3.85. The van der Waals surface area contributed by atoms with Crippen LogP contribution in [0.25, 0.3) is 0 Å². The van der Waals surface area contributed by atoms with E-state index < -0.39 is 11.6 Å². The Labute approximate surface area is 125 Å². The molecule has 0 spiro atoms. The van der Waals surface area contributed by atoms with Crippen molar-refractivity contribution in [3.05, 3.63) is 30.1 Å². The van der Waals surface area contributed by atoms with Crippen LogP contribution in [0, 0.1) is 5.92 Å². The number of amides is 2. The van der Waals surface area contributed by atoms with Crippen LogP contribution in [0.5, 0.6) is 0 Å². The Morgan fingerprint density at radius 2 is 2.05 bits per heavy atom. The van der Waals surface area contributed by atoms with Gasteiger partial charge >= 0.3 is 0 Å². The van der Waals surface area contributed by atoms with Gasteiger partial charge in [0.25, 0.3) is 0 Å². The first-order valence-corrected chi connectivity index (χ1v) is 7.34. The highest BCUT2D eigenvalue weighted by atomic mass is 16.2. The molecular formula is C16H23N3O2. The maximum absolute atomic E-state index is 12.7. The van der Waals surface area contributed by atoms with Crippen molar-refractivity contribution in [1.29, 1.82) is 0 Å². The molecule has 2 amide bonds. The smallest absolute Gasteiger partial charge is 0.246 e. The van der Waals surface area contributed by atoms with Gasteiger partial charge in [0.05, 0.1) is 12.2 Å². The maximum Gasteiger partial charge on any atom is 0.246 e. The summed E-state index contributed by atoms with van der Waals surface area (Å²) in [6.45, 7) is 7.99. The topological polar surface area (TPSA) is 62.3 Å². The van der Waals surface area contributed by atoms with E-state index in [2.05, 4.69) is 10.3 Å². The SMILES string of the molecule is CC(C)CC1NC(=O)C(C)(C)N(Cc2ccccn2)C1=O. The lowest BCUT2D eigenvalue weighted by molar-refractivity contribution is -0.156. The van der Waals surface area contributed by atoms with Crippen molar-refractivity contribution < 1.29 is 9.59 Å². The van der Waals surface area contributed by atoms with Crippen LogP contribution in [0.2, 0.25) is 0 Å². The van der Waals surface area contributed by atoms with Gasteiger partial charge in [-0.25, -0.2) is 0 Å². The summed E-state index contributed by atoms with van der Waals surface area (Å²) in [4.78, 5) is 30.9. The summed E-state index contributed by atoms with van der Waals surface area (Å²) in [5, 5.41) is 2.85. The van der Waals surface area contributed by atoms with Gasteiger partial charge < -0.3 is 10.2 Å². The fraction of sp³-hybridized carbons (Fsp3) is 0.562. The molecule has 1 N–H and O–H groups in total. The van der Waals surface area contributed by atoms with Crippen molar-refractivity contribution in [2.45, 2.75) is 52.2 Å². The van der Waals surface area contributed by atoms with E-state index in [9.17, 15) is 9.59 Å². The summed E-state index contributed by atoms with van der Waals surface area (Å²) in [7, 11) is 0. The zero-order valence-corrected chi connectivity index (χ0v) is 13.1. The lowest BCUT2D eigenvalue weighted by Crippen LogP contribution is -2.68. The molecule has 21 heavy (non-hydrogen) atoms. The second kappa shape index (κ2) is 5.84. The lowest BCUT2D eigenvalue weighted by atomic mass is 9.92. The van der Waals surface area contributed by atoms with Crippen molar-refractivity contribution in [3.63, 3.8) is 0 Å². The Bertz CT molecular complexity index is 526. The van der Waals surface area contributed by atoms with E-state index >= 15 is 0 Å². The molecular weight excluding hydrogens is 266 g/mol. The molecule has 2 rings (SSSR count). The molecule has 1 aliphatic heterocycles. The number of hydrogen-bond donors (Lipinski definition) is 1. The molecule has 114 valence electrons. The zero-order chi connectivity index (χ0) is 15.6. The number of rotatable bonds is 4. The third-order valence-electron chi connectivity index (χ3n) is 3.85. The van der Waals surface area contributed by atoms with Crippen molar-refractivity contribution in [3.8, 4) is 0 Å². The predicted octanol–water partition coefficient (Wildman–Crippen LogP) is 1.73. The molecule has 5 heteroatoms. The van der Waals surface area contributed by atoms with E-state index in [0.717, 1.165) is 5.69 Å². The van der Waals surface area contributed by atoms with E-state index in [4.69, 9.17) is 0 Å². The summed E-state index contributed by atoms with van der Waals surface area (Å²) in [5.74, 6) is 0.208. The molecule has 1 aliphatic rings. The highest BCUT2D eigenvalue weighted by Gasteiger charge is 2.46. The Morgan fingerprint density at radius 1 is 1.33 bits per heavy atom. The minimum Gasteiger partial charge on any atom is -0.342 e. The molecule has 1 fully saturated rings. The summed E-state index contributed by atoms with van der Waals surface area (Å²) < 4.78 is 0. The fourth-order valence-corrected chi connectivity index (χ4v) is 2.54. The van der Waals surface area contributed by atoms with E-state index in [1.165, 1.54) is 0 Å². The molecule has 1 atom stereocenters. The molecule has 1 saturated heterocycles. The zero-order valence-electron chi connectivity index (χ0n) is 13.1. The van der Waals surface area contributed by atoms with Gasteiger partial charge in [-0.15, -0.1) is 0 Å². The van der Waals surface area contributed by atoms with Gasteiger partial charge in [0.2, 0.25) is 11.8 Å². The number of carbonyl (C=O) groups excluding carboxylic acids is 2. The number of aromatic nitrogens is 1. The highest BCUT2D eigenvalue weighted by Crippen LogP contribution is 2.25. The summed E-state index contributed by atoms with van der Waals surface area (Å²) in [6, 6.07) is 5.15. The van der Waals surface area contributed by atoms with Gasteiger partial charge in [-0.3, -0.25) is 14.6 Å². The van der Waals surface area contributed by atoms with Gasteiger partial charge in [-0.1, -0.05) is 19.9 Å². The molecule has 1 aromatic rings. The van der Waals surface area contributed by atoms with Gasteiger partial charge in [-0.2, -0.15) is 0 Å². The molecule has 0 aromatic carbocycles. The van der Waals surface area contributed by atoms with Gasteiger partial charge in [0.1, 0.15) is 11.6 Å². The van der Waals surface area contributed by atoms with Gasteiger partial charge in [-0.05, 0) is 38.3 Å². The maximum atomic E-state index is 12.7. The van der Waals surface area contributed by atoms with E-state index in [1.54, 1.807) is 24.9 Å². The fourth-order valence-electron chi connectivity index (χ4n) is 2.54. The average Bonchev–Trinajstić information content (AvgIpc) is 2.42. The van der Waals surface area contributed by atoms with Crippen LogP contribution in [-0.2, 0) is 16.1 Å². The van der Waals surface area contributed by atoms with E-state index in [0.29, 0.717) is 18.9 Å². The number of piperazine rings is 1. The Kier molecular flexibility index (Phi) is 4.30. The van der Waals surface area contributed by atoms with Crippen LogP contribution in [0.4, 0.5) is 0 Å². The second-order valence-electron chi connectivity index (χ2n) is 6.46. The molecule has 0 radical (unpaired) electrons. The lowest BCUT2D eigenvalue weighted by Gasteiger charge is -2.44. The molecule has 0 bridgehead atoms. The highest BCUT2D eigenvalue weighted by molar-refractivity contribution is 5.99. The van der Waals surface area contributed by atoms with Crippen LogP contribution in [-0.4, -0.2) is 33.3 Å². The summed E-state index contributed by atoms with van der Waals surface area (Å²) in [5.41, 5.74) is -0.0702. The summed E-state index contributed by atoms with van der Waals surface area (Å²) in [6.07, 6.45) is 2.35. The molecule has 1 aromatic heterocycles. The Hall–Kier alpha value is -1.91. The first-order valence-electron chi connectivity index (χ1n) is 7.34. The van der Waals surface area contributed by atoms with Crippen molar-refractivity contribution in [2.75, 3.05) is 0 Å².